The van der Waals surface area contributed by atoms with Crippen LogP contribution in [-0.4, -0.2) is 62.6 Å². The SMILES string of the molecule is CN1CCN(S(=O)(=O)N[C@@H](CO)c2ccc(F)cc2)CC1. The molecule has 1 fully saturated rings. The average molecular weight is 317 g/mol. The maximum absolute atomic E-state index is 12.9. The molecule has 0 saturated carbocycles. The molecular weight excluding hydrogens is 297 g/mol. The fourth-order valence-corrected chi connectivity index (χ4v) is 3.55. The van der Waals surface area contributed by atoms with E-state index in [0.717, 1.165) is 0 Å². The Morgan fingerprint density at radius 3 is 2.33 bits per heavy atom. The molecule has 1 aliphatic rings. The summed E-state index contributed by atoms with van der Waals surface area (Å²) in [5.41, 5.74) is 0.525. The molecule has 0 aliphatic carbocycles. The standard InChI is InChI=1S/C13H20FN3O3S/c1-16-6-8-17(9-7-16)21(19,20)15-13(10-18)11-2-4-12(14)5-3-11/h2-5,13,15,18H,6-10H2,1H3/t13-/m0/s1. The predicted octanol–water partition coefficient (Wildman–Crippen LogP) is -0.0591. The van der Waals surface area contributed by atoms with E-state index in [2.05, 4.69) is 9.62 Å². The lowest BCUT2D eigenvalue weighted by molar-refractivity contribution is 0.216. The second-order valence-electron chi connectivity index (χ2n) is 5.11. The number of aliphatic hydroxyl groups is 1. The first-order chi connectivity index (χ1) is 9.92. The summed E-state index contributed by atoms with van der Waals surface area (Å²) in [4.78, 5) is 2.05. The van der Waals surface area contributed by atoms with Crippen molar-refractivity contribution in [3.8, 4) is 0 Å². The van der Waals surface area contributed by atoms with Gasteiger partial charge < -0.3 is 10.0 Å². The van der Waals surface area contributed by atoms with E-state index in [1.807, 2.05) is 7.05 Å². The van der Waals surface area contributed by atoms with Crippen molar-refractivity contribution in [1.29, 1.82) is 0 Å². The van der Waals surface area contributed by atoms with Crippen LogP contribution < -0.4 is 4.72 Å². The Morgan fingerprint density at radius 2 is 1.81 bits per heavy atom. The molecule has 8 heteroatoms. The van der Waals surface area contributed by atoms with Crippen LogP contribution in [0, 0.1) is 5.82 Å². The molecule has 2 N–H and O–H groups in total. The Labute approximate surface area is 124 Å². The first-order valence-electron chi connectivity index (χ1n) is 6.74. The number of halogens is 1. The van der Waals surface area contributed by atoms with Crippen LogP contribution in [0.15, 0.2) is 24.3 Å². The monoisotopic (exact) mass is 317 g/mol. The minimum absolute atomic E-state index is 0.390. The van der Waals surface area contributed by atoms with Crippen molar-refractivity contribution in [2.75, 3.05) is 39.8 Å². The van der Waals surface area contributed by atoms with E-state index in [4.69, 9.17) is 0 Å². The minimum atomic E-state index is -3.67. The molecule has 2 rings (SSSR count). The molecule has 21 heavy (non-hydrogen) atoms. The molecule has 118 valence electrons. The van der Waals surface area contributed by atoms with Crippen LogP contribution in [0.5, 0.6) is 0 Å². The van der Waals surface area contributed by atoms with Gasteiger partial charge in [-0.2, -0.15) is 17.4 Å². The summed E-state index contributed by atoms with van der Waals surface area (Å²) in [7, 11) is -1.74. The zero-order valence-corrected chi connectivity index (χ0v) is 12.7. The summed E-state index contributed by atoms with van der Waals surface area (Å²) in [5.74, 6) is -0.405. The molecule has 6 nitrogen and oxygen atoms in total. The molecule has 1 aliphatic heterocycles. The molecule has 0 bridgehead atoms. The zero-order valence-electron chi connectivity index (χ0n) is 11.9. The summed E-state index contributed by atoms with van der Waals surface area (Å²) in [6.07, 6.45) is 0. The van der Waals surface area contributed by atoms with E-state index in [0.29, 0.717) is 31.7 Å². The minimum Gasteiger partial charge on any atom is -0.394 e. The summed E-state index contributed by atoms with van der Waals surface area (Å²) >= 11 is 0. The second kappa shape index (κ2) is 6.80. The largest absolute Gasteiger partial charge is 0.394 e. The van der Waals surface area contributed by atoms with Crippen molar-refractivity contribution in [1.82, 2.24) is 13.9 Å². The average Bonchev–Trinajstić information content (AvgIpc) is 2.46. The van der Waals surface area contributed by atoms with E-state index in [1.54, 1.807) is 0 Å². The van der Waals surface area contributed by atoms with Crippen molar-refractivity contribution in [3.63, 3.8) is 0 Å². The van der Waals surface area contributed by atoms with E-state index in [1.165, 1.54) is 28.6 Å². The molecule has 1 heterocycles. The molecule has 0 radical (unpaired) electrons. The number of benzene rings is 1. The van der Waals surface area contributed by atoms with Crippen LogP contribution in [0.4, 0.5) is 4.39 Å². The zero-order chi connectivity index (χ0) is 15.5. The number of hydrogen-bond acceptors (Lipinski definition) is 4. The highest BCUT2D eigenvalue weighted by molar-refractivity contribution is 7.87. The van der Waals surface area contributed by atoms with Crippen molar-refractivity contribution in [2.45, 2.75) is 6.04 Å². The number of hydrogen-bond donors (Lipinski definition) is 2. The van der Waals surface area contributed by atoms with Crippen molar-refractivity contribution >= 4 is 10.2 Å². The molecule has 0 spiro atoms. The third kappa shape index (κ3) is 4.21. The number of piperazine rings is 1. The highest BCUT2D eigenvalue weighted by atomic mass is 32.2. The maximum atomic E-state index is 12.9. The Morgan fingerprint density at radius 1 is 1.24 bits per heavy atom. The molecule has 1 aromatic rings. The first kappa shape index (κ1) is 16.3. The van der Waals surface area contributed by atoms with Crippen molar-refractivity contribution in [3.05, 3.63) is 35.6 Å². The molecule has 1 atom stereocenters. The molecule has 1 aromatic carbocycles. The van der Waals surface area contributed by atoms with Crippen LogP contribution in [0.25, 0.3) is 0 Å². The predicted molar refractivity (Wildman–Crippen MR) is 77.4 cm³/mol. The van der Waals surface area contributed by atoms with E-state index >= 15 is 0 Å². The van der Waals surface area contributed by atoms with Gasteiger partial charge in [0.05, 0.1) is 12.6 Å². The molecule has 0 amide bonds. The Bertz CT molecular complexity index is 557. The van der Waals surface area contributed by atoms with Crippen LogP contribution in [0.2, 0.25) is 0 Å². The third-order valence-electron chi connectivity index (χ3n) is 3.55. The quantitative estimate of drug-likeness (QED) is 0.798. The van der Waals surface area contributed by atoms with E-state index < -0.39 is 28.7 Å². The summed E-state index contributed by atoms with van der Waals surface area (Å²) in [5, 5.41) is 9.41. The number of nitrogens with zero attached hydrogens (tertiary/aromatic N) is 2. The lowest BCUT2D eigenvalue weighted by atomic mass is 10.1. The van der Waals surface area contributed by atoms with E-state index in [9.17, 15) is 17.9 Å². The Hall–Kier alpha value is -1.06. The smallest absolute Gasteiger partial charge is 0.280 e. The van der Waals surface area contributed by atoms with Crippen LogP contribution in [0.3, 0.4) is 0 Å². The van der Waals surface area contributed by atoms with Gasteiger partial charge >= 0.3 is 0 Å². The van der Waals surface area contributed by atoms with Gasteiger partial charge in [-0.25, -0.2) is 4.39 Å². The van der Waals surface area contributed by atoms with Crippen LogP contribution in [-0.2, 0) is 10.2 Å². The topological polar surface area (TPSA) is 72.9 Å². The number of aliphatic hydroxyl groups excluding tert-OH is 1. The highest BCUT2D eigenvalue weighted by Crippen LogP contribution is 2.16. The second-order valence-corrected chi connectivity index (χ2v) is 6.81. The van der Waals surface area contributed by atoms with Gasteiger partial charge in [0.25, 0.3) is 10.2 Å². The van der Waals surface area contributed by atoms with Gasteiger partial charge in [0, 0.05) is 26.2 Å². The third-order valence-corrected chi connectivity index (χ3v) is 5.18. The van der Waals surface area contributed by atoms with Gasteiger partial charge in [-0.3, -0.25) is 0 Å². The fourth-order valence-electron chi connectivity index (χ4n) is 2.19. The summed E-state index contributed by atoms with van der Waals surface area (Å²) in [6, 6.07) is 4.62. The van der Waals surface area contributed by atoms with Gasteiger partial charge in [-0.15, -0.1) is 0 Å². The van der Waals surface area contributed by atoms with Gasteiger partial charge in [-0.1, -0.05) is 12.1 Å². The molecule has 0 unspecified atom stereocenters. The molecular formula is C13H20FN3O3S. The first-order valence-corrected chi connectivity index (χ1v) is 8.18. The number of rotatable bonds is 5. The van der Waals surface area contributed by atoms with Gasteiger partial charge in [0.15, 0.2) is 0 Å². The van der Waals surface area contributed by atoms with Gasteiger partial charge in [0.2, 0.25) is 0 Å². The number of nitrogens with one attached hydrogen (secondary N) is 1. The molecule has 0 aromatic heterocycles. The normalized spacial score (nSPS) is 19.6. The summed E-state index contributed by atoms with van der Waals surface area (Å²) in [6.45, 7) is 1.77. The lowest BCUT2D eigenvalue weighted by Crippen LogP contribution is -2.51. The lowest BCUT2D eigenvalue weighted by Gasteiger charge is -2.32. The fraction of sp³-hybridized carbons (Fsp3) is 0.538. The summed E-state index contributed by atoms with van der Waals surface area (Å²) < 4.78 is 41.4. The highest BCUT2D eigenvalue weighted by Gasteiger charge is 2.28. The number of likely N-dealkylation sites (N-methyl/N-ethyl adjacent to an activating group) is 1. The maximum Gasteiger partial charge on any atom is 0.280 e. The van der Waals surface area contributed by atoms with Crippen LogP contribution in [0.1, 0.15) is 11.6 Å². The van der Waals surface area contributed by atoms with Gasteiger partial charge in [0.1, 0.15) is 5.82 Å². The van der Waals surface area contributed by atoms with Crippen molar-refractivity contribution < 1.29 is 17.9 Å². The Kier molecular flexibility index (Phi) is 5.28. The van der Waals surface area contributed by atoms with Crippen molar-refractivity contribution in [2.24, 2.45) is 0 Å². The Balaban J connectivity index is 2.08. The van der Waals surface area contributed by atoms with Gasteiger partial charge in [-0.05, 0) is 24.7 Å². The molecule has 1 saturated heterocycles. The van der Waals surface area contributed by atoms with Crippen LogP contribution >= 0.6 is 0 Å². The van der Waals surface area contributed by atoms with E-state index in [-0.39, 0.29) is 0 Å².